The molecule has 0 aromatic heterocycles. The number of hydrogen-bond acceptors (Lipinski definition) is 6. The van der Waals surface area contributed by atoms with Crippen molar-refractivity contribution in [3.8, 4) is 5.75 Å². The number of ketones is 1. The summed E-state index contributed by atoms with van der Waals surface area (Å²) in [6.07, 6.45) is 0.380. The summed E-state index contributed by atoms with van der Waals surface area (Å²) in [5.74, 6) is -0.00552. The molecule has 0 unspecified atom stereocenters. The Balaban J connectivity index is 1.76. The number of esters is 1. The molecule has 6 nitrogen and oxygen atoms in total. The highest BCUT2D eigenvalue weighted by molar-refractivity contribution is 8.00. The lowest BCUT2D eigenvalue weighted by molar-refractivity contribution is -0.139. The molecule has 0 atom stereocenters. The minimum absolute atomic E-state index is 0.0997. The maximum atomic E-state index is 12.1. The summed E-state index contributed by atoms with van der Waals surface area (Å²) in [5.41, 5.74) is 1.03. The second kappa shape index (κ2) is 10.4. The van der Waals surface area contributed by atoms with Crippen molar-refractivity contribution in [1.82, 2.24) is 0 Å². The van der Waals surface area contributed by atoms with Crippen LogP contribution in [-0.4, -0.2) is 37.1 Å². The van der Waals surface area contributed by atoms with Crippen molar-refractivity contribution in [1.29, 1.82) is 0 Å². The zero-order valence-corrected chi connectivity index (χ0v) is 16.0. The van der Waals surface area contributed by atoms with Gasteiger partial charge in [-0.1, -0.05) is 6.92 Å². The Morgan fingerprint density at radius 1 is 1.00 bits per heavy atom. The number of rotatable bonds is 9. The zero-order chi connectivity index (χ0) is 19.6. The average molecular weight is 387 g/mol. The maximum absolute atomic E-state index is 12.1. The van der Waals surface area contributed by atoms with Crippen LogP contribution in [-0.2, 0) is 14.3 Å². The van der Waals surface area contributed by atoms with Gasteiger partial charge in [-0.05, 0) is 48.5 Å². The van der Waals surface area contributed by atoms with E-state index in [0.29, 0.717) is 17.7 Å². The zero-order valence-electron chi connectivity index (χ0n) is 15.2. The fourth-order valence-corrected chi connectivity index (χ4v) is 2.77. The molecule has 0 bridgehead atoms. The van der Waals surface area contributed by atoms with E-state index in [4.69, 9.17) is 9.47 Å². The van der Waals surface area contributed by atoms with E-state index >= 15 is 0 Å². The second-order valence-corrected chi connectivity index (χ2v) is 6.58. The Morgan fingerprint density at radius 3 is 2.26 bits per heavy atom. The van der Waals surface area contributed by atoms with E-state index < -0.39 is 5.97 Å². The van der Waals surface area contributed by atoms with E-state index in [9.17, 15) is 14.4 Å². The minimum Gasteiger partial charge on any atom is -0.497 e. The molecule has 0 heterocycles. The van der Waals surface area contributed by atoms with Crippen LogP contribution >= 0.6 is 11.8 Å². The minimum atomic E-state index is -0.462. The molecule has 0 aliphatic rings. The fraction of sp³-hybridized carbons (Fsp3) is 0.250. The average Bonchev–Trinajstić information content (AvgIpc) is 2.71. The number of Topliss-reactive ketones (excluding diaryl/α,β-unsaturated/α-hetero) is 1. The van der Waals surface area contributed by atoms with E-state index in [0.717, 1.165) is 10.6 Å². The van der Waals surface area contributed by atoms with Crippen LogP contribution in [0.25, 0.3) is 0 Å². The third-order valence-corrected chi connectivity index (χ3v) is 4.58. The molecule has 2 aromatic carbocycles. The summed E-state index contributed by atoms with van der Waals surface area (Å²) >= 11 is 1.32. The first-order valence-corrected chi connectivity index (χ1v) is 9.36. The number of benzene rings is 2. The van der Waals surface area contributed by atoms with Gasteiger partial charge in [-0.25, -0.2) is 0 Å². The van der Waals surface area contributed by atoms with Gasteiger partial charge in [0.2, 0.25) is 5.91 Å². The van der Waals surface area contributed by atoms with Crippen LogP contribution in [0.5, 0.6) is 5.75 Å². The van der Waals surface area contributed by atoms with Gasteiger partial charge in [-0.15, -0.1) is 11.8 Å². The molecule has 1 amide bonds. The molecule has 7 heteroatoms. The van der Waals surface area contributed by atoms with Crippen molar-refractivity contribution in [2.45, 2.75) is 18.2 Å². The summed E-state index contributed by atoms with van der Waals surface area (Å²) in [6.45, 7) is 1.44. The number of ether oxygens (including phenoxy) is 2. The molecule has 0 aliphatic carbocycles. The third kappa shape index (κ3) is 6.79. The Hall–Kier alpha value is -2.80. The van der Waals surface area contributed by atoms with Crippen molar-refractivity contribution >= 4 is 35.1 Å². The second-order valence-electron chi connectivity index (χ2n) is 5.53. The molecule has 0 spiro atoms. The molecule has 0 fully saturated rings. The highest BCUT2D eigenvalue weighted by Gasteiger charge is 2.11. The number of thioether (sulfide) groups is 1. The lowest BCUT2D eigenvalue weighted by Crippen LogP contribution is -2.15. The normalized spacial score (nSPS) is 10.1. The van der Waals surface area contributed by atoms with Crippen LogP contribution in [0.4, 0.5) is 5.69 Å². The first-order chi connectivity index (χ1) is 13.0. The molecule has 2 rings (SSSR count). The van der Waals surface area contributed by atoms with Gasteiger partial charge in [-0.3, -0.25) is 14.4 Å². The predicted molar refractivity (Wildman–Crippen MR) is 104 cm³/mol. The highest BCUT2D eigenvalue weighted by Crippen LogP contribution is 2.21. The number of carbonyl (C=O) groups excluding carboxylic acids is 3. The summed E-state index contributed by atoms with van der Waals surface area (Å²) in [4.78, 5) is 36.2. The van der Waals surface area contributed by atoms with Gasteiger partial charge in [0.05, 0.1) is 12.9 Å². The number of hydrogen-bond donors (Lipinski definition) is 1. The van der Waals surface area contributed by atoms with Crippen molar-refractivity contribution in [3.63, 3.8) is 0 Å². The van der Waals surface area contributed by atoms with Crippen molar-refractivity contribution in [3.05, 3.63) is 54.1 Å². The first-order valence-electron chi connectivity index (χ1n) is 8.37. The van der Waals surface area contributed by atoms with Crippen LogP contribution in [0.15, 0.2) is 53.4 Å². The molecule has 1 N–H and O–H groups in total. The van der Waals surface area contributed by atoms with Crippen LogP contribution in [0.3, 0.4) is 0 Å². The summed E-state index contributed by atoms with van der Waals surface area (Å²) in [7, 11) is 1.59. The summed E-state index contributed by atoms with van der Waals surface area (Å²) in [5, 5.41) is 2.70. The van der Waals surface area contributed by atoms with Crippen LogP contribution in [0.1, 0.15) is 23.7 Å². The van der Waals surface area contributed by atoms with E-state index in [1.807, 2.05) is 24.3 Å². The third-order valence-electron chi connectivity index (χ3n) is 3.59. The molecule has 0 radical (unpaired) electrons. The molecular weight excluding hydrogens is 366 g/mol. The Labute approximate surface area is 162 Å². The van der Waals surface area contributed by atoms with Crippen LogP contribution in [0, 0.1) is 0 Å². The van der Waals surface area contributed by atoms with E-state index in [-0.39, 0.29) is 24.1 Å². The SMILES string of the molecule is CCC(=O)Nc1ccc(C(=O)COC(=O)CSc2ccc(OC)cc2)cc1. The lowest BCUT2D eigenvalue weighted by atomic mass is 10.1. The molecule has 27 heavy (non-hydrogen) atoms. The number of methoxy groups -OCH3 is 1. The smallest absolute Gasteiger partial charge is 0.316 e. The quantitative estimate of drug-likeness (QED) is 0.402. The molecular formula is C20H21NO5S. The Bertz CT molecular complexity index is 787. The van der Waals surface area contributed by atoms with Gasteiger partial charge < -0.3 is 14.8 Å². The van der Waals surface area contributed by atoms with Gasteiger partial charge in [0.25, 0.3) is 0 Å². The van der Waals surface area contributed by atoms with Crippen molar-refractivity contribution in [2.24, 2.45) is 0 Å². The molecule has 0 saturated carbocycles. The van der Waals surface area contributed by atoms with E-state index in [1.165, 1.54) is 11.8 Å². The van der Waals surface area contributed by atoms with E-state index in [1.54, 1.807) is 38.3 Å². The topological polar surface area (TPSA) is 81.7 Å². The predicted octanol–water partition coefficient (Wildman–Crippen LogP) is 3.56. The van der Waals surface area contributed by atoms with Gasteiger partial charge >= 0.3 is 5.97 Å². The Morgan fingerprint density at radius 2 is 1.67 bits per heavy atom. The number of carbonyl (C=O) groups is 3. The summed E-state index contributed by atoms with van der Waals surface area (Å²) in [6, 6.07) is 13.8. The number of nitrogens with one attached hydrogen (secondary N) is 1. The number of amides is 1. The van der Waals surface area contributed by atoms with E-state index in [2.05, 4.69) is 5.32 Å². The van der Waals surface area contributed by atoms with Gasteiger partial charge in [0.15, 0.2) is 12.4 Å². The van der Waals surface area contributed by atoms with Gasteiger partial charge in [0, 0.05) is 22.6 Å². The first kappa shape index (κ1) is 20.5. The molecule has 2 aromatic rings. The van der Waals surface area contributed by atoms with Gasteiger partial charge in [-0.2, -0.15) is 0 Å². The van der Waals surface area contributed by atoms with Crippen LogP contribution in [0.2, 0.25) is 0 Å². The lowest BCUT2D eigenvalue weighted by Gasteiger charge is -2.07. The van der Waals surface area contributed by atoms with Crippen LogP contribution < -0.4 is 10.1 Å². The molecule has 142 valence electrons. The van der Waals surface area contributed by atoms with Crippen molar-refractivity contribution < 1.29 is 23.9 Å². The number of anilines is 1. The largest absolute Gasteiger partial charge is 0.497 e. The Kier molecular flexibility index (Phi) is 7.88. The monoisotopic (exact) mass is 387 g/mol. The van der Waals surface area contributed by atoms with Gasteiger partial charge in [0.1, 0.15) is 5.75 Å². The maximum Gasteiger partial charge on any atom is 0.316 e. The molecule has 0 saturated heterocycles. The molecule has 0 aliphatic heterocycles. The van der Waals surface area contributed by atoms with Crippen molar-refractivity contribution in [2.75, 3.05) is 24.8 Å². The summed E-state index contributed by atoms with van der Waals surface area (Å²) < 4.78 is 10.1. The highest BCUT2D eigenvalue weighted by atomic mass is 32.2. The standard InChI is InChI=1S/C20H21NO5S/c1-3-19(23)21-15-6-4-14(5-7-15)18(22)12-26-20(24)13-27-17-10-8-16(25-2)9-11-17/h4-11H,3,12-13H2,1-2H3,(H,21,23). The fourth-order valence-electron chi connectivity index (χ4n) is 2.07.